The summed E-state index contributed by atoms with van der Waals surface area (Å²) in [6, 6.07) is 4.82. The number of carbonyl (C=O) groups excluding carboxylic acids is 2. The highest BCUT2D eigenvalue weighted by Gasteiger charge is 2.46. The number of aromatic nitrogens is 2. The summed E-state index contributed by atoms with van der Waals surface area (Å²) in [5.41, 5.74) is 0.159. The van der Waals surface area contributed by atoms with Crippen molar-refractivity contribution in [3.8, 4) is 22.9 Å². The normalized spacial score (nSPS) is 22.9. The first-order valence-corrected chi connectivity index (χ1v) is 14.2. The van der Waals surface area contributed by atoms with Crippen LogP contribution in [0.15, 0.2) is 23.0 Å². The fourth-order valence-corrected chi connectivity index (χ4v) is 6.06. The molecule has 1 aromatic carbocycles. The van der Waals surface area contributed by atoms with E-state index >= 15 is 0 Å². The number of aliphatic hydroxyl groups is 1. The fraction of sp³-hybridized carbons (Fsp3) is 0.484. The van der Waals surface area contributed by atoms with Gasteiger partial charge in [-0.1, -0.05) is 6.92 Å². The van der Waals surface area contributed by atoms with E-state index in [0.29, 0.717) is 33.4 Å². The van der Waals surface area contributed by atoms with Crippen molar-refractivity contribution in [1.29, 1.82) is 0 Å². The van der Waals surface area contributed by atoms with Crippen LogP contribution in [0.3, 0.4) is 0 Å². The van der Waals surface area contributed by atoms with Crippen molar-refractivity contribution in [3.63, 3.8) is 0 Å². The monoisotopic (exact) mass is 577 g/mol. The molecule has 1 aliphatic carbocycles. The Kier molecular flexibility index (Phi) is 5.43. The van der Waals surface area contributed by atoms with Gasteiger partial charge < -0.3 is 33.9 Å². The third kappa shape index (κ3) is 4.17. The van der Waals surface area contributed by atoms with Crippen molar-refractivity contribution in [3.05, 3.63) is 50.8 Å². The number of fused-ring (bicyclic) bond motifs is 6. The van der Waals surface area contributed by atoms with E-state index in [4.69, 9.17) is 26.7 Å². The molecule has 4 aliphatic rings. The number of hydrogen-bond donors (Lipinski definition) is 2. The van der Waals surface area contributed by atoms with E-state index in [9.17, 15) is 19.5 Å². The quantitative estimate of drug-likeness (QED) is 0.331. The lowest BCUT2D eigenvalue weighted by atomic mass is 9.86. The molecular formula is C31H33N3O8. The molecular weight excluding hydrogens is 542 g/mol. The van der Waals surface area contributed by atoms with Gasteiger partial charge in [0.1, 0.15) is 15.5 Å². The van der Waals surface area contributed by atoms with Crippen LogP contribution >= 0.6 is 0 Å². The highest BCUT2D eigenvalue weighted by Crippen LogP contribution is 2.43. The summed E-state index contributed by atoms with van der Waals surface area (Å²) in [5, 5.41) is 14.9. The Morgan fingerprint density at radius 3 is 2.64 bits per heavy atom. The third-order valence-electron chi connectivity index (χ3n) is 8.40. The molecule has 0 saturated heterocycles. The number of nitrogens with zero attached hydrogens (tertiary/aromatic N) is 2. The van der Waals surface area contributed by atoms with Gasteiger partial charge in [0, 0.05) is 29.1 Å². The number of rotatable bonds is 6. The van der Waals surface area contributed by atoms with Gasteiger partial charge in [-0.2, -0.15) is 0 Å². The minimum absolute atomic E-state index is 0.0152. The molecule has 7 rings (SSSR count). The van der Waals surface area contributed by atoms with Crippen LogP contribution in [0.25, 0.3) is 22.3 Å². The highest BCUT2D eigenvalue weighted by atomic mass is 16.7. The van der Waals surface area contributed by atoms with Crippen LogP contribution in [0.4, 0.5) is 0 Å². The zero-order valence-electron chi connectivity index (χ0n) is 25.8. The van der Waals surface area contributed by atoms with Crippen molar-refractivity contribution in [2.75, 3.05) is 6.75 Å². The molecule has 5 heterocycles. The van der Waals surface area contributed by atoms with E-state index in [1.165, 1.54) is 4.57 Å². The van der Waals surface area contributed by atoms with Gasteiger partial charge in [-0.3, -0.25) is 9.59 Å². The number of cyclic esters (lactones) is 1. The molecule has 11 nitrogen and oxygen atoms in total. The van der Waals surface area contributed by atoms with E-state index in [1.54, 1.807) is 25.1 Å². The molecule has 3 aliphatic heterocycles. The van der Waals surface area contributed by atoms with Crippen molar-refractivity contribution in [2.45, 2.75) is 84.0 Å². The molecule has 2 aromatic heterocycles. The van der Waals surface area contributed by atoms with E-state index in [0.717, 1.165) is 12.8 Å². The van der Waals surface area contributed by atoms with E-state index in [2.05, 4.69) is 5.32 Å². The number of amides is 1. The molecule has 1 amide bonds. The summed E-state index contributed by atoms with van der Waals surface area (Å²) in [7, 11) is 0. The van der Waals surface area contributed by atoms with Crippen LogP contribution in [0.1, 0.15) is 72.0 Å². The van der Waals surface area contributed by atoms with Crippen LogP contribution in [0.2, 0.25) is 0 Å². The smallest absolute Gasteiger partial charge is 0.343 e. The van der Waals surface area contributed by atoms with E-state index in [-0.39, 0.29) is 60.6 Å². The molecule has 2 atom stereocenters. The van der Waals surface area contributed by atoms with Crippen LogP contribution in [0.5, 0.6) is 11.5 Å². The minimum atomic E-state index is -2.35. The Morgan fingerprint density at radius 2 is 1.95 bits per heavy atom. The predicted octanol–water partition coefficient (Wildman–Crippen LogP) is 3.02. The second kappa shape index (κ2) is 9.27. The van der Waals surface area contributed by atoms with Gasteiger partial charge in [0.15, 0.2) is 17.1 Å². The second-order valence-corrected chi connectivity index (χ2v) is 12.3. The van der Waals surface area contributed by atoms with Crippen LogP contribution in [-0.4, -0.2) is 45.0 Å². The molecule has 0 radical (unpaired) electrons. The molecule has 1 saturated carbocycles. The zero-order valence-corrected chi connectivity index (χ0v) is 23.8. The Hall–Kier alpha value is -3.96. The second-order valence-electron chi connectivity index (χ2n) is 12.3. The maximum atomic E-state index is 13.8. The predicted molar refractivity (Wildman–Crippen MR) is 150 cm³/mol. The van der Waals surface area contributed by atoms with Crippen molar-refractivity contribution >= 4 is 22.8 Å². The number of nitrogens with one attached hydrogen (secondary N) is 1. The number of ether oxygens (including phenoxy) is 4. The van der Waals surface area contributed by atoms with Gasteiger partial charge in [-0.05, 0) is 63.6 Å². The molecule has 42 heavy (non-hydrogen) atoms. The van der Waals surface area contributed by atoms with Crippen LogP contribution in [0, 0.1) is 5.92 Å². The first-order chi connectivity index (χ1) is 20.7. The first kappa shape index (κ1) is 24.6. The number of pyridine rings is 2. The Morgan fingerprint density at radius 1 is 1.21 bits per heavy atom. The molecule has 0 bridgehead atoms. The third-order valence-corrected chi connectivity index (χ3v) is 8.40. The number of esters is 1. The molecule has 1 fully saturated rings. The summed E-state index contributed by atoms with van der Waals surface area (Å²) >= 11 is 0. The number of hydrogen-bond acceptors (Lipinski definition) is 9. The molecule has 11 heteroatoms. The van der Waals surface area contributed by atoms with Gasteiger partial charge in [-0.15, -0.1) is 0 Å². The summed E-state index contributed by atoms with van der Waals surface area (Å²) in [4.78, 5) is 44.7. The van der Waals surface area contributed by atoms with Crippen molar-refractivity contribution in [2.24, 2.45) is 5.92 Å². The standard InChI is InChI=1S/C31H33N3O8/c1-5-31(38)20-9-22-25-18(12-34(22)28(36)19(20)13-39-29(31)37)17(16-8-23-24(41-14-40-23)10-21(16)33-25)11-32-27(35)26(15-6-7-15)42-30(2,3)4/h8-10,15,26,38H,5-7,11-14H2,1-4H3,(H,32,35)/t26-,31-/m0/s1/i14D2. The maximum Gasteiger partial charge on any atom is 0.343 e. The zero-order chi connectivity index (χ0) is 31.3. The SMILES string of the molecule is [2H]C1([2H])Oc2cc3nc4c(c(CNC(=O)[C@@H](OC(C)(C)C)C5CC5)c3cc2O1)Cn1c-4cc2c(c1=O)COC(=O)[C@]2(O)CC. The largest absolute Gasteiger partial charge is 0.458 e. The van der Waals surface area contributed by atoms with Gasteiger partial charge >= 0.3 is 5.97 Å². The summed E-state index contributed by atoms with van der Waals surface area (Å²) in [5.74, 6) is -0.557. The average molecular weight is 578 g/mol. The van der Waals surface area contributed by atoms with Crippen molar-refractivity contribution in [1.82, 2.24) is 14.9 Å². The number of benzene rings is 1. The van der Waals surface area contributed by atoms with Crippen LogP contribution in [-0.2, 0) is 44.4 Å². The van der Waals surface area contributed by atoms with Gasteiger partial charge in [-0.25, -0.2) is 9.78 Å². The van der Waals surface area contributed by atoms with E-state index in [1.807, 2.05) is 20.8 Å². The Bertz CT molecular complexity index is 1830. The van der Waals surface area contributed by atoms with Crippen molar-refractivity contribution < 1.29 is 36.4 Å². The van der Waals surface area contributed by atoms with Gasteiger partial charge in [0.25, 0.3) is 5.56 Å². The molecule has 0 unspecified atom stereocenters. The van der Waals surface area contributed by atoms with E-state index < -0.39 is 35.6 Å². The van der Waals surface area contributed by atoms with Gasteiger partial charge in [0.2, 0.25) is 12.7 Å². The topological polar surface area (TPSA) is 138 Å². The lowest BCUT2D eigenvalue weighted by molar-refractivity contribution is -0.172. The van der Waals surface area contributed by atoms with Gasteiger partial charge in [0.05, 0.1) is 34.6 Å². The summed E-state index contributed by atoms with van der Waals surface area (Å²) < 4.78 is 39.4. The average Bonchev–Trinajstić information content (AvgIpc) is 3.66. The highest BCUT2D eigenvalue weighted by molar-refractivity contribution is 5.92. The lowest BCUT2D eigenvalue weighted by Crippen LogP contribution is -2.44. The summed E-state index contributed by atoms with van der Waals surface area (Å²) in [6.07, 6.45) is 1.22. The van der Waals surface area contributed by atoms with Crippen LogP contribution < -0.4 is 20.3 Å². The fourth-order valence-electron chi connectivity index (χ4n) is 6.06. The molecule has 2 N–H and O–H groups in total. The molecule has 0 spiro atoms. The number of carbonyl (C=O) groups is 2. The minimum Gasteiger partial charge on any atom is -0.458 e. The maximum absolute atomic E-state index is 13.8. The molecule has 3 aromatic rings. The summed E-state index contributed by atoms with van der Waals surface area (Å²) in [6.45, 7) is 4.98. The first-order valence-electron chi connectivity index (χ1n) is 15.2. The lowest BCUT2D eigenvalue weighted by Gasteiger charge is -2.31. The molecule has 220 valence electrons. The Labute approximate surface area is 244 Å². The Balaban J connectivity index is 1.36.